The number of benzene rings is 1. The number of ether oxygens (including phenoxy) is 1. The summed E-state index contributed by atoms with van der Waals surface area (Å²) in [6.45, 7) is 4.34. The molecule has 3 heteroatoms. The number of rotatable bonds is 3. The minimum atomic E-state index is 0.405. The molecule has 0 radical (unpaired) electrons. The Morgan fingerprint density at radius 2 is 1.78 bits per heavy atom. The van der Waals surface area contributed by atoms with Crippen LogP contribution in [0.25, 0.3) is 0 Å². The number of aryl methyl sites for hydroxylation is 1. The molecule has 0 spiro atoms. The predicted molar refractivity (Wildman–Crippen MR) is 77.5 cm³/mol. The van der Waals surface area contributed by atoms with E-state index in [-0.39, 0.29) is 0 Å². The first-order chi connectivity index (χ1) is 8.81. The van der Waals surface area contributed by atoms with Gasteiger partial charge in [0.1, 0.15) is 11.9 Å². The van der Waals surface area contributed by atoms with Crippen LogP contribution in [0.2, 0.25) is 0 Å². The lowest BCUT2D eigenvalue weighted by atomic mass is 10.0. The number of hydrogen-bond acceptors (Lipinski definition) is 3. The molecule has 0 aliphatic carbocycles. The van der Waals surface area contributed by atoms with Crippen LogP contribution in [-0.4, -0.2) is 41.6 Å². The van der Waals surface area contributed by atoms with Crippen molar-refractivity contribution in [2.24, 2.45) is 0 Å². The first kappa shape index (κ1) is 12.4. The largest absolute Gasteiger partial charge is 0.488 e. The zero-order valence-corrected chi connectivity index (χ0v) is 11.8. The highest BCUT2D eigenvalue weighted by Gasteiger charge is 2.34. The molecule has 0 saturated carbocycles. The monoisotopic (exact) mass is 263 g/mol. The second-order valence-corrected chi connectivity index (χ2v) is 6.58. The fourth-order valence-corrected chi connectivity index (χ4v) is 3.78. The van der Waals surface area contributed by atoms with Crippen LogP contribution in [0.4, 0.5) is 0 Å². The fraction of sp³-hybridized carbons (Fsp3) is 0.600. The van der Waals surface area contributed by atoms with Gasteiger partial charge in [-0.3, -0.25) is 4.90 Å². The van der Waals surface area contributed by atoms with Crippen molar-refractivity contribution in [2.75, 3.05) is 24.6 Å². The molecule has 18 heavy (non-hydrogen) atoms. The van der Waals surface area contributed by atoms with E-state index in [2.05, 4.69) is 47.9 Å². The molecule has 2 aliphatic heterocycles. The van der Waals surface area contributed by atoms with Crippen LogP contribution in [0.1, 0.15) is 18.4 Å². The van der Waals surface area contributed by atoms with Crippen molar-refractivity contribution in [3.63, 3.8) is 0 Å². The van der Waals surface area contributed by atoms with Crippen LogP contribution in [0.15, 0.2) is 24.3 Å². The van der Waals surface area contributed by atoms with E-state index in [1.54, 1.807) is 0 Å². The van der Waals surface area contributed by atoms with Crippen molar-refractivity contribution in [1.82, 2.24) is 4.90 Å². The van der Waals surface area contributed by atoms with E-state index in [4.69, 9.17) is 4.74 Å². The van der Waals surface area contributed by atoms with Gasteiger partial charge in [-0.2, -0.15) is 11.8 Å². The Bertz CT molecular complexity index is 380. The van der Waals surface area contributed by atoms with Crippen molar-refractivity contribution in [2.45, 2.75) is 31.9 Å². The van der Waals surface area contributed by atoms with Gasteiger partial charge in [0.05, 0.1) is 0 Å². The lowest BCUT2D eigenvalue weighted by Gasteiger charge is -2.45. The van der Waals surface area contributed by atoms with Crippen LogP contribution in [0.5, 0.6) is 5.75 Å². The number of likely N-dealkylation sites (tertiary alicyclic amines) is 1. The number of hydrogen-bond donors (Lipinski definition) is 0. The molecule has 2 fully saturated rings. The maximum Gasteiger partial charge on any atom is 0.124 e. The van der Waals surface area contributed by atoms with Crippen LogP contribution >= 0.6 is 11.8 Å². The molecule has 0 bridgehead atoms. The smallest absolute Gasteiger partial charge is 0.124 e. The SMILES string of the molecule is Cc1ccc(OC2CN(C3CCSCC3)C2)cc1. The topological polar surface area (TPSA) is 12.5 Å². The maximum atomic E-state index is 5.98. The summed E-state index contributed by atoms with van der Waals surface area (Å²) in [5, 5.41) is 0. The summed E-state index contributed by atoms with van der Waals surface area (Å²) in [7, 11) is 0. The molecular weight excluding hydrogens is 242 g/mol. The lowest BCUT2D eigenvalue weighted by Crippen LogP contribution is -2.58. The molecule has 0 amide bonds. The summed E-state index contributed by atoms with van der Waals surface area (Å²) >= 11 is 2.10. The summed E-state index contributed by atoms with van der Waals surface area (Å²) in [5.41, 5.74) is 1.29. The molecule has 2 saturated heterocycles. The highest BCUT2D eigenvalue weighted by atomic mass is 32.2. The molecule has 3 rings (SSSR count). The molecule has 1 aromatic rings. The second-order valence-electron chi connectivity index (χ2n) is 5.35. The van der Waals surface area contributed by atoms with Gasteiger partial charge in [-0.1, -0.05) is 17.7 Å². The zero-order valence-electron chi connectivity index (χ0n) is 11.0. The van der Waals surface area contributed by atoms with Crippen LogP contribution < -0.4 is 4.74 Å². The summed E-state index contributed by atoms with van der Waals surface area (Å²) < 4.78 is 5.98. The molecule has 0 N–H and O–H groups in total. The van der Waals surface area contributed by atoms with Crippen LogP contribution in [-0.2, 0) is 0 Å². The Morgan fingerprint density at radius 1 is 1.11 bits per heavy atom. The van der Waals surface area contributed by atoms with Gasteiger partial charge in [-0.15, -0.1) is 0 Å². The second kappa shape index (κ2) is 5.54. The first-order valence-electron chi connectivity index (χ1n) is 6.86. The molecule has 0 aromatic heterocycles. The number of thioether (sulfide) groups is 1. The summed E-state index contributed by atoms with van der Waals surface area (Å²) in [6, 6.07) is 9.21. The lowest BCUT2D eigenvalue weighted by molar-refractivity contribution is -0.0113. The molecule has 2 nitrogen and oxygen atoms in total. The van der Waals surface area contributed by atoms with Crippen LogP contribution in [0.3, 0.4) is 0 Å². The fourth-order valence-electron chi connectivity index (χ4n) is 2.70. The van der Waals surface area contributed by atoms with E-state index >= 15 is 0 Å². The molecule has 2 heterocycles. The summed E-state index contributed by atoms with van der Waals surface area (Å²) in [4.78, 5) is 2.60. The third-order valence-corrected chi connectivity index (χ3v) is 4.96. The highest BCUT2D eigenvalue weighted by Crippen LogP contribution is 2.27. The average Bonchev–Trinajstić information content (AvgIpc) is 2.36. The third-order valence-electron chi connectivity index (χ3n) is 3.91. The van der Waals surface area contributed by atoms with Gasteiger partial charge in [0.2, 0.25) is 0 Å². The molecule has 2 aliphatic rings. The van der Waals surface area contributed by atoms with E-state index in [9.17, 15) is 0 Å². The molecule has 0 atom stereocenters. The van der Waals surface area contributed by atoms with Gasteiger partial charge in [0.15, 0.2) is 0 Å². The van der Waals surface area contributed by atoms with Crippen molar-refractivity contribution >= 4 is 11.8 Å². The standard InChI is InChI=1S/C15H21NOS/c1-12-2-4-14(5-3-12)17-15-10-16(11-15)13-6-8-18-9-7-13/h2-5,13,15H,6-11H2,1H3. The quantitative estimate of drug-likeness (QED) is 0.832. The summed E-state index contributed by atoms with van der Waals surface area (Å²) in [6.07, 6.45) is 3.13. The van der Waals surface area contributed by atoms with E-state index in [1.165, 1.54) is 29.9 Å². The van der Waals surface area contributed by atoms with Gasteiger partial charge >= 0.3 is 0 Å². The minimum Gasteiger partial charge on any atom is -0.488 e. The van der Waals surface area contributed by atoms with Gasteiger partial charge in [0, 0.05) is 19.1 Å². The van der Waals surface area contributed by atoms with Gasteiger partial charge in [-0.05, 0) is 43.4 Å². The molecular formula is C15H21NOS. The Labute approximate surface area is 114 Å². The van der Waals surface area contributed by atoms with Crippen molar-refractivity contribution < 1.29 is 4.74 Å². The zero-order chi connectivity index (χ0) is 12.4. The van der Waals surface area contributed by atoms with E-state index in [1.807, 2.05) is 0 Å². The number of nitrogens with zero attached hydrogens (tertiary/aromatic N) is 1. The maximum absolute atomic E-state index is 5.98. The van der Waals surface area contributed by atoms with E-state index < -0.39 is 0 Å². The Morgan fingerprint density at radius 3 is 2.44 bits per heavy atom. The first-order valence-corrected chi connectivity index (χ1v) is 8.02. The molecule has 98 valence electrons. The Kier molecular flexibility index (Phi) is 3.80. The molecule has 0 unspecified atom stereocenters. The van der Waals surface area contributed by atoms with Gasteiger partial charge in [0.25, 0.3) is 0 Å². The predicted octanol–water partition coefficient (Wildman–Crippen LogP) is 2.95. The van der Waals surface area contributed by atoms with Crippen molar-refractivity contribution in [3.05, 3.63) is 29.8 Å². The Hall–Kier alpha value is -0.670. The molecule has 1 aromatic carbocycles. The highest BCUT2D eigenvalue weighted by molar-refractivity contribution is 7.99. The van der Waals surface area contributed by atoms with Crippen molar-refractivity contribution in [1.29, 1.82) is 0 Å². The van der Waals surface area contributed by atoms with Crippen LogP contribution in [0, 0.1) is 6.92 Å². The minimum absolute atomic E-state index is 0.405. The van der Waals surface area contributed by atoms with Crippen molar-refractivity contribution in [3.8, 4) is 5.75 Å². The van der Waals surface area contributed by atoms with E-state index in [0.29, 0.717) is 6.10 Å². The summed E-state index contributed by atoms with van der Waals surface area (Å²) in [5.74, 6) is 3.69. The third kappa shape index (κ3) is 2.83. The Balaban J connectivity index is 1.46. The van der Waals surface area contributed by atoms with E-state index in [0.717, 1.165) is 24.9 Å². The van der Waals surface area contributed by atoms with Gasteiger partial charge < -0.3 is 4.74 Å². The normalized spacial score (nSPS) is 22.7. The average molecular weight is 263 g/mol. The van der Waals surface area contributed by atoms with Gasteiger partial charge in [-0.25, -0.2) is 0 Å².